The van der Waals surface area contributed by atoms with Gasteiger partial charge >= 0.3 is 0 Å². The molecule has 0 amide bonds. The summed E-state index contributed by atoms with van der Waals surface area (Å²) in [4.78, 5) is 12.6. The number of hydrogen-bond acceptors (Lipinski definition) is 10. The minimum Gasteiger partial charge on any atom is -0.748 e. The maximum atomic E-state index is 9.08. The first kappa shape index (κ1) is 47.1. The molecule has 8 aromatic rings. The van der Waals surface area contributed by atoms with Crippen molar-refractivity contribution in [3.05, 3.63) is 97.6 Å². The number of aromatic nitrogens is 4. The van der Waals surface area contributed by atoms with Gasteiger partial charge in [-0.3, -0.25) is 9.80 Å². The number of rotatable bonds is 11. The lowest BCUT2D eigenvalue weighted by Gasteiger charge is -2.34. The van der Waals surface area contributed by atoms with Crippen molar-refractivity contribution in [2.75, 3.05) is 66.0 Å². The predicted octanol–water partition coefficient (Wildman–Crippen LogP) is 7.08. The lowest BCUT2D eigenvalue weighted by molar-refractivity contribution is -0.695. The van der Waals surface area contributed by atoms with Crippen LogP contribution in [0.5, 0.6) is 11.5 Å². The van der Waals surface area contributed by atoms with Crippen LogP contribution < -0.4 is 18.6 Å². The Labute approximate surface area is 386 Å². The fraction of sp³-hybridized carbons (Fsp3) is 0.400. The fourth-order valence-electron chi connectivity index (χ4n) is 9.88. The van der Waals surface area contributed by atoms with E-state index >= 15 is 0 Å². The Morgan fingerprint density at radius 3 is 1.29 bits per heavy atom. The molecule has 2 saturated heterocycles. The lowest BCUT2D eigenvalue weighted by atomic mass is 9.85. The third-order valence-corrected chi connectivity index (χ3v) is 13.3. The number of ether oxygens (including phenoxy) is 2. The summed E-state index contributed by atoms with van der Waals surface area (Å²) in [6.07, 6.45) is 18.6. The quantitative estimate of drug-likeness (QED) is 0.101. The summed E-state index contributed by atoms with van der Waals surface area (Å²) in [5.74, 6) is 3.57. The molecule has 10 rings (SSSR count). The van der Waals surface area contributed by atoms with Gasteiger partial charge in [-0.25, -0.2) is 26.0 Å². The molecule has 0 spiro atoms. The lowest BCUT2D eigenvalue weighted by Crippen LogP contribution is -2.43. The van der Waals surface area contributed by atoms with Gasteiger partial charge in [-0.15, -0.1) is 0 Å². The summed E-state index contributed by atoms with van der Waals surface area (Å²) < 4.78 is 70.4. The standard InChI is InChI=1S/C48H52N6O2.2CH4O3S/c1-55-37-7-11-43-39(29-37)47-41-31-53(23-17-35(41)5-9-45(47)49-43)27-25-51-19-13-33(14-20-51)3-4-34-15-21-52(22-16-34)26-28-54-24-18-36-6-10-46-48(42(36)32-54)40-30-38(56-2)8-12-44(40)50-46;2*1-5(2,3)4/h5-12,17-18,23-24,29-34H,3-4,13-16,19-22,25-28H2,1-2H3;2*1H3,(H,2,3,4). The van der Waals surface area contributed by atoms with E-state index in [-0.39, 0.29) is 0 Å². The molecule has 2 N–H and O–H groups in total. The Hall–Kier alpha value is -5.36. The van der Waals surface area contributed by atoms with E-state index in [0.717, 1.165) is 60.5 Å². The number of nitrogens with one attached hydrogen (secondary N) is 2. The molecule has 0 radical (unpaired) electrons. The van der Waals surface area contributed by atoms with Gasteiger partial charge in [0.25, 0.3) is 0 Å². The highest BCUT2D eigenvalue weighted by Gasteiger charge is 2.24. The van der Waals surface area contributed by atoms with Crippen molar-refractivity contribution >= 4 is 85.4 Å². The van der Waals surface area contributed by atoms with E-state index in [4.69, 9.17) is 35.4 Å². The second-order valence-electron chi connectivity index (χ2n) is 18.0. The number of aromatic amines is 2. The average molecular weight is 937 g/mol. The zero-order chi connectivity index (χ0) is 46.6. The van der Waals surface area contributed by atoms with Gasteiger partial charge in [-0.1, -0.05) is 25.0 Å². The SMILES string of the molecule is COc1ccc2[nH]c3ccc4cc[n+](CCN5CCC(CCC6CCN(CC[n+]7ccc8ccc9[nH]c%10ccc(OC)cc%10c9c8c7)CC6)CC5)cc4c3c2c1.CS(=O)(=O)[O-].CS(=O)(=O)[O-]. The van der Waals surface area contributed by atoms with Gasteiger partial charge in [-0.2, -0.15) is 0 Å². The molecule has 2 aliphatic heterocycles. The average Bonchev–Trinajstić information content (AvgIpc) is 3.87. The number of nitrogens with zero attached hydrogens (tertiary/aromatic N) is 4. The Morgan fingerprint density at radius 2 is 0.924 bits per heavy atom. The molecular weight excluding hydrogens is 877 g/mol. The van der Waals surface area contributed by atoms with E-state index in [1.807, 2.05) is 12.1 Å². The third-order valence-electron chi connectivity index (χ3n) is 13.3. The van der Waals surface area contributed by atoms with E-state index in [9.17, 15) is 0 Å². The number of methoxy groups -OCH3 is 2. The molecule has 0 atom stereocenters. The largest absolute Gasteiger partial charge is 0.748 e. The molecule has 0 saturated carbocycles. The van der Waals surface area contributed by atoms with Gasteiger partial charge in [0.1, 0.15) is 11.5 Å². The second kappa shape index (κ2) is 20.2. The van der Waals surface area contributed by atoms with Crippen LogP contribution in [0, 0.1) is 11.8 Å². The van der Waals surface area contributed by atoms with Crippen LogP contribution in [0.2, 0.25) is 0 Å². The van der Waals surface area contributed by atoms with Crippen LogP contribution in [0.25, 0.3) is 65.2 Å². The van der Waals surface area contributed by atoms with Crippen LogP contribution in [0.3, 0.4) is 0 Å². The Kier molecular flexibility index (Phi) is 14.5. The van der Waals surface area contributed by atoms with Crippen LogP contribution in [-0.4, -0.2) is 112 Å². The van der Waals surface area contributed by atoms with Crippen molar-refractivity contribution < 1.29 is 44.5 Å². The normalized spacial score (nSPS) is 15.9. The van der Waals surface area contributed by atoms with Crippen molar-refractivity contribution in [2.45, 2.75) is 51.6 Å². The summed E-state index contributed by atoms with van der Waals surface area (Å²) in [7, 11) is -4.35. The van der Waals surface area contributed by atoms with Crippen molar-refractivity contribution in [1.82, 2.24) is 19.8 Å². The number of likely N-dealkylation sites (tertiary alicyclic amines) is 2. The smallest absolute Gasteiger partial charge is 0.177 e. The predicted molar refractivity (Wildman–Crippen MR) is 259 cm³/mol. The molecule has 14 nitrogen and oxygen atoms in total. The number of fused-ring (bicyclic) bond motifs is 10. The second-order valence-corrected chi connectivity index (χ2v) is 20.8. The van der Waals surface area contributed by atoms with E-state index in [1.165, 1.54) is 119 Å². The van der Waals surface area contributed by atoms with Crippen molar-refractivity contribution in [1.29, 1.82) is 0 Å². The summed E-state index contributed by atoms with van der Waals surface area (Å²) in [5.41, 5.74) is 4.66. The van der Waals surface area contributed by atoms with Gasteiger partial charge < -0.3 is 28.5 Å². The van der Waals surface area contributed by atoms with Crippen molar-refractivity contribution in [3.63, 3.8) is 0 Å². The first-order valence-electron chi connectivity index (χ1n) is 22.7. The minimum absolute atomic E-state index is 0.604. The van der Waals surface area contributed by atoms with Gasteiger partial charge in [-0.05, 0) is 123 Å². The molecule has 4 aromatic heterocycles. The number of benzene rings is 4. The highest BCUT2D eigenvalue weighted by atomic mass is 32.2. The van der Waals surface area contributed by atoms with Crippen LogP contribution >= 0.6 is 0 Å². The first-order valence-corrected chi connectivity index (χ1v) is 26.3. The maximum Gasteiger partial charge on any atom is 0.177 e. The zero-order valence-corrected chi connectivity index (χ0v) is 39.8. The molecule has 4 aromatic carbocycles. The Bertz CT molecular complexity index is 2980. The summed E-state index contributed by atoms with van der Waals surface area (Å²) in [6.45, 7) is 9.19. The molecule has 0 unspecified atom stereocenters. The van der Waals surface area contributed by atoms with Gasteiger partial charge in [0, 0.05) is 68.3 Å². The van der Waals surface area contributed by atoms with Gasteiger partial charge in [0.15, 0.2) is 37.9 Å². The maximum absolute atomic E-state index is 9.08. The fourth-order valence-corrected chi connectivity index (χ4v) is 9.88. The van der Waals surface area contributed by atoms with Crippen LogP contribution in [0.1, 0.15) is 38.5 Å². The molecule has 2 fully saturated rings. The van der Waals surface area contributed by atoms with E-state index < -0.39 is 20.2 Å². The van der Waals surface area contributed by atoms with E-state index in [1.54, 1.807) is 14.2 Å². The Balaban J connectivity index is 0.000000538. The molecule has 16 heteroatoms. The minimum atomic E-state index is -3.92. The number of pyridine rings is 2. The highest BCUT2D eigenvalue weighted by Crippen LogP contribution is 2.35. The molecule has 350 valence electrons. The Morgan fingerprint density at radius 1 is 0.561 bits per heavy atom. The number of H-pyrrole nitrogens is 2. The van der Waals surface area contributed by atoms with Crippen LogP contribution in [0.4, 0.5) is 0 Å². The zero-order valence-electron chi connectivity index (χ0n) is 38.2. The van der Waals surface area contributed by atoms with Crippen LogP contribution in [0.15, 0.2) is 97.6 Å². The monoisotopic (exact) mass is 936 g/mol. The van der Waals surface area contributed by atoms with Crippen molar-refractivity contribution in [3.8, 4) is 11.5 Å². The summed E-state index contributed by atoms with van der Waals surface area (Å²) in [6, 6.07) is 26.0. The molecule has 66 heavy (non-hydrogen) atoms. The molecule has 0 bridgehead atoms. The first-order chi connectivity index (χ1) is 31.6. The van der Waals surface area contributed by atoms with E-state index in [2.05, 4.69) is 114 Å². The molecule has 6 heterocycles. The van der Waals surface area contributed by atoms with Crippen LogP contribution in [-0.2, 0) is 33.3 Å². The number of piperidine rings is 2. The molecule has 0 aliphatic carbocycles. The summed E-state index contributed by atoms with van der Waals surface area (Å²) in [5, 5.41) is 10.2. The van der Waals surface area contributed by atoms with Crippen molar-refractivity contribution in [2.24, 2.45) is 11.8 Å². The van der Waals surface area contributed by atoms with E-state index in [0.29, 0.717) is 12.5 Å². The topological polar surface area (TPSA) is 179 Å². The molecule has 2 aliphatic rings. The molecular formula is C50H60N6O8S2. The summed E-state index contributed by atoms with van der Waals surface area (Å²) >= 11 is 0. The van der Waals surface area contributed by atoms with Gasteiger partial charge in [0.05, 0.1) is 58.3 Å². The highest BCUT2D eigenvalue weighted by molar-refractivity contribution is 7.85. The third kappa shape index (κ3) is 12.0. The number of hydrogen-bond donors (Lipinski definition) is 2. The van der Waals surface area contributed by atoms with Gasteiger partial charge in [0.2, 0.25) is 0 Å².